The molecular weight excluding hydrogens is 451 g/mol. The molecule has 0 fully saturated rings. The average Bonchev–Trinajstić information content (AvgIpc) is 3.18. The van der Waals surface area contributed by atoms with Gasteiger partial charge in [0.25, 0.3) is 0 Å². The molecule has 5 heteroatoms. The van der Waals surface area contributed by atoms with Gasteiger partial charge in [0.15, 0.2) is 0 Å². The summed E-state index contributed by atoms with van der Waals surface area (Å²) in [7, 11) is 5.54. The Morgan fingerprint density at radius 2 is 1.86 bits per heavy atom. The Morgan fingerprint density at radius 3 is 2.58 bits per heavy atom. The van der Waals surface area contributed by atoms with Gasteiger partial charge < -0.3 is 14.7 Å². The van der Waals surface area contributed by atoms with Gasteiger partial charge in [0.05, 0.1) is 7.11 Å². The van der Waals surface area contributed by atoms with Crippen LogP contribution in [0.2, 0.25) is 0 Å². The van der Waals surface area contributed by atoms with Crippen molar-refractivity contribution >= 4 is 0 Å². The van der Waals surface area contributed by atoms with Gasteiger partial charge in [-0.15, -0.1) is 0 Å². The van der Waals surface area contributed by atoms with Crippen LogP contribution in [0, 0.1) is 5.82 Å². The summed E-state index contributed by atoms with van der Waals surface area (Å²) >= 11 is 0. The van der Waals surface area contributed by atoms with Gasteiger partial charge in [0.1, 0.15) is 11.4 Å². The Hall–Kier alpha value is -3.54. The van der Waals surface area contributed by atoms with Crippen LogP contribution in [0.15, 0.2) is 103 Å². The molecule has 36 heavy (non-hydrogen) atoms. The normalized spacial score (nSPS) is 15.8. The maximum absolute atomic E-state index is 14.6. The molecule has 1 aliphatic rings. The van der Waals surface area contributed by atoms with E-state index < -0.39 is 11.5 Å². The van der Waals surface area contributed by atoms with Gasteiger partial charge >= 0.3 is 0 Å². The highest BCUT2D eigenvalue weighted by Gasteiger charge is 2.43. The van der Waals surface area contributed by atoms with Crippen LogP contribution in [0.3, 0.4) is 0 Å². The molecule has 2 atom stereocenters. The van der Waals surface area contributed by atoms with E-state index in [-0.39, 0.29) is 5.82 Å². The first-order chi connectivity index (χ1) is 17.4. The molecule has 186 valence electrons. The van der Waals surface area contributed by atoms with Crippen molar-refractivity contribution in [2.45, 2.75) is 24.4 Å². The molecular formula is C31H33FN2O2. The van der Waals surface area contributed by atoms with Crippen molar-refractivity contribution in [1.82, 2.24) is 9.88 Å². The fourth-order valence-electron chi connectivity index (χ4n) is 4.78. The molecule has 0 amide bonds. The lowest BCUT2D eigenvalue weighted by atomic mass is 9.71. The van der Waals surface area contributed by atoms with Crippen molar-refractivity contribution in [3.63, 3.8) is 0 Å². The van der Waals surface area contributed by atoms with E-state index in [1.54, 1.807) is 19.4 Å². The maximum atomic E-state index is 14.6. The van der Waals surface area contributed by atoms with Gasteiger partial charge in [0, 0.05) is 29.8 Å². The Balaban J connectivity index is 1.98. The molecule has 0 spiro atoms. The molecule has 1 heterocycles. The van der Waals surface area contributed by atoms with Crippen molar-refractivity contribution in [1.29, 1.82) is 0 Å². The van der Waals surface area contributed by atoms with Gasteiger partial charge in [0.2, 0.25) is 5.88 Å². The number of allylic oxidation sites excluding steroid dienone is 4. The van der Waals surface area contributed by atoms with E-state index in [1.807, 2.05) is 91.8 Å². The second kappa shape index (κ2) is 11.5. The van der Waals surface area contributed by atoms with Crippen LogP contribution < -0.4 is 4.74 Å². The molecule has 4 rings (SSSR count). The Kier molecular flexibility index (Phi) is 8.14. The van der Waals surface area contributed by atoms with Crippen LogP contribution in [-0.4, -0.2) is 48.3 Å². The quantitative estimate of drug-likeness (QED) is 0.396. The summed E-state index contributed by atoms with van der Waals surface area (Å²) in [6.07, 6.45) is 12.9. The first-order valence-electron chi connectivity index (χ1n) is 12.2. The summed E-state index contributed by atoms with van der Waals surface area (Å²) < 4.78 is 20.3. The van der Waals surface area contributed by atoms with Crippen molar-refractivity contribution in [3.8, 4) is 17.0 Å². The summed E-state index contributed by atoms with van der Waals surface area (Å²) in [4.78, 5) is 6.67. The molecule has 0 saturated heterocycles. The predicted octanol–water partition coefficient (Wildman–Crippen LogP) is 6.15. The number of benzene rings is 2. The SMILES string of the molecule is COc1ncc(-c2ccccc2)cc1C(c1cccc(F)c1)C(O)(CCN(C)C)C1=CCC=CC=C1. The van der Waals surface area contributed by atoms with Gasteiger partial charge in [-0.1, -0.05) is 72.8 Å². The minimum Gasteiger partial charge on any atom is -0.481 e. The van der Waals surface area contributed by atoms with Gasteiger partial charge in [-0.2, -0.15) is 0 Å². The Morgan fingerprint density at radius 1 is 1.06 bits per heavy atom. The zero-order chi connectivity index (χ0) is 25.5. The number of aliphatic hydroxyl groups is 1. The standard InChI is InChI=1S/C31H33FN2O2/c1-34(2)19-18-31(35,26-15-9-4-5-10-16-26)29(24-14-11-17-27(32)20-24)28-21-25(22-33-30(28)36-3)23-12-7-6-8-13-23/h4-9,11-17,20-22,29,35H,10,18-19H2,1-3H3. The van der Waals surface area contributed by atoms with Crippen LogP contribution in [0.5, 0.6) is 5.88 Å². The number of halogens is 1. The summed E-state index contributed by atoms with van der Waals surface area (Å²) in [5.74, 6) is -0.581. The number of nitrogens with zero attached hydrogens (tertiary/aromatic N) is 2. The lowest BCUT2D eigenvalue weighted by Crippen LogP contribution is -2.41. The number of hydrogen-bond acceptors (Lipinski definition) is 4. The van der Waals surface area contributed by atoms with E-state index in [1.165, 1.54) is 12.1 Å². The molecule has 4 nitrogen and oxygen atoms in total. The molecule has 2 unspecified atom stereocenters. The van der Waals surface area contributed by atoms with Gasteiger partial charge in [-0.25, -0.2) is 9.37 Å². The third-order valence-electron chi connectivity index (χ3n) is 6.59. The van der Waals surface area contributed by atoms with Crippen molar-refractivity contribution < 1.29 is 14.2 Å². The largest absolute Gasteiger partial charge is 0.481 e. The highest BCUT2D eigenvalue weighted by molar-refractivity contribution is 5.65. The fourth-order valence-corrected chi connectivity index (χ4v) is 4.78. The van der Waals surface area contributed by atoms with E-state index in [4.69, 9.17) is 4.74 Å². The topological polar surface area (TPSA) is 45.6 Å². The van der Waals surface area contributed by atoms with Crippen LogP contribution in [-0.2, 0) is 0 Å². The molecule has 1 aromatic heterocycles. The molecule has 2 aromatic carbocycles. The third-order valence-corrected chi connectivity index (χ3v) is 6.59. The highest BCUT2D eigenvalue weighted by atomic mass is 19.1. The van der Waals surface area contributed by atoms with Crippen molar-refractivity contribution in [3.05, 3.63) is 120 Å². The summed E-state index contributed by atoms with van der Waals surface area (Å²) in [6.45, 7) is 0.634. The summed E-state index contributed by atoms with van der Waals surface area (Å²) in [5.41, 5.74) is 2.70. The second-order valence-electron chi connectivity index (χ2n) is 9.34. The first-order valence-corrected chi connectivity index (χ1v) is 12.2. The Bertz CT molecular complexity index is 1270. The molecule has 0 radical (unpaired) electrons. The van der Waals surface area contributed by atoms with Crippen molar-refractivity contribution in [2.75, 3.05) is 27.7 Å². The number of hydrogen-bond donors (Lipinski definition) is 1. The van der Waals surface area contributed by atoms with E-state index in [2.05, 4.69) is 4.98 Å². The molecule has 3 aromatic rings. The van der Waals surface area contributed by atoms with Gasteiger partial charge in [-0.3, -0.25) is 0 Å². The molecule has 1 N–H and O–H groups in total. The number of methoxy groups -OCH3 is 1. The molecule has 1 aliphatic carbocycles. The van der Waals surface area contributed by atoms with E-state index in [0.717, 1.165) is 16.7 Å². The fraction of sp³-hybridized carbons (Fsp3) is 0.258. The smallest absolute Gasteiger partial charge is 0.217 e. The Labute approximate surface area is 213 Å². The number of pyridine rings is 1. The molecule has 0 bridgehead atoms. The van der Waals surface area contributed by atoms with E-state index in [0.29, 0.717) is 36.4 Å². The lowest BCUT2D eigenvalue weighted by molar-refractivity contribution is 0.0471. The number of rotatable bonds is 9. The number of aromatic nitrogens is 1. The predicted molar refractivity (Wildman–Crippen MR) is 144 cm³/mol. The first kappa shape index (κ1) is 25.5. The molecule has 0 saturated carbocycles. The monoisotopic (exact) mass is 484 g/mol. The molecule has 0 aliphatic heterocycles. The minimum atomic E-state index is -1.36. The van der Waals surface area contributed by atoms with Crippen LogP contribution in [0.4, 0.5) is 4.39 Å². The van der Waals surface area contributed by atoms with Crippen LogP contribution in [0.25, 0.3) is 11.1 Å². The third kappa shape index (κ3) is 5.64. The van der Waals surface area contributed by atoms with Crippen molar-refractivity contribution in [2.24, 2.45) is 0 Å². The average molecular weight is 485 g/mol. The van der Waals surface area contributed by atoms with Crippen LogP contribution >= 0.6 is 0 Å². The summed E-state index contributed by atoms with van der Waals surface area (Å²) in [5, 5.41) is 12.7. The summed E-state index contributed by atoms with van der Waals surface area (Å²) in [6, 6.07) is 18.4. The zero-order valence-corrected chi connectivity index (χ0v) is 21.1. The van der Waals surface area contributed by atoms with E-state index in [9.17, 15) is 9.50 Å². The lowest BCUT2D eigenvalue weighted by Gasteiger charge is -2.39. The van der Waals surface area contributed by atoms with E-state index >= 15 is 0 Å². The maximum Gasteiger partial charge on any atom is 0.217 e. The second-order valence-corrected chi connectivity index (χ2v) is 9.34. The van der Waals surface area contributed by atoms with Gasteiger partial charge in [-0.05, 0) is 61.8 Å². The van der Waals surface area contributed by atoms with Crippen LogP contribution in [0.1, 0.15) is 29.9 Å². The number of ether oxygens (including phenoxy) is 1. The zero-order valence-electron chi connectivity index (χ0n) is 21.1. The minimum absolute atomic E-state index is 0.356. The highest BCUT2D eigenvalue weighted by Crippen LogP contribution is 2.46.